The summed E-state index contributed by atoms with van der Waals surface area (Å²) in [4.78, 5) is 0. The van der Waals surface area contributed by atoms with Gasteiger partial charge in [0.1, 0.15) is 0 Å². The van der Waals surface area contributed by atoms with Crippen LogP contribution in [0, 0.1) is 0 Å². The van der Waals surface area contributed by atoms with Gasteiger partial charge >= 0.3 is 0 Å². The summed E-state index contributed by atoms with van der Waals surface area (Å²) in [5, 5.41) is 0. The van der Waals surface area contributed by atoms with E-state index < -0.39 is 0 Å². The highest BCUT2D eigenvalue weighted by atomic mass is 14.9. The van der Waals surface area contributed by atoms with E-state index in [9.17, 15) is 0 Å². The minimum Gasteiger partial charge on any atom is -0.323 e. The van der Waals surface area contributed by atoms with E-state index in [2.05, 4.69) is 62.7 Å². The molecular weight excluding hydrogens is 182 g/mol. The first-order valence-electron chi connectivity index (χ1n) is 5.70. The molecule has 0 aliphatic rings. The molecule has 2 rings (SSSR count). The van der Waals surface area contributed by atoms with E-state index in [4.69, 9.17) is 0 Å². The van der Waals surface area contributed by atoms with Crippen LogP contribution in [0.3, 0.4) is 0 Å². The summed E-state index contributed by atoms with van der Waals surface area (Å²) in [7, 11) is 0. The molecule has 0 unspecified atom stereocenters. The van der Waals surface area contributed by atoms with Gasteiger partial charge in [0.05, 0.1) is 5.52 Å². The van der Waals surface area contributed by atoms with Crippen LogP contribution in [0.1, 0.15) is 50.7 Å². The Bertz CT molecular complexity index is 463. The van der Waals surface area contributed by atoms with Crippen molar-refractivity contribution in [1.29, 1.82) is 0 Å². The van der Waals surface area contributed by atoms with E-state index in [0.29, 0.717) is 11.8 Å². The quantitative estimate of drug-likeness (QED) is 0.686. The number of pyridine rings is 1. The molecule has 2 aromatic heterocycles. The van der Waals surface area contributed by atoms with Crippen LogP contribution in [0.2, 0.25) is 0 Å². The van der Waals surface area contributed by atoms with Gasteiger partial charge in [-0.25, -0.2) is 0 Å². The lowest BCUT2D eigenvalue weighted by Crippen LogP contribution is -1.96. The molecule has 0 aliphatic carbocycles. The number of fused-ring (bicyclic) bond motifs is 1. The van der Waals surface area contributed by atoms with E-state index in [-0.39, 0.29) is 0 Å². The minimum atomic E-state index is 0.584. The standard InChI is InChI=1S/C14H19N/c1-10(2)12-6-5-8-15-9-7-13(11(3)4)14(12)15/h5-11H,1-4H3. The summed E-state index contributed by atoms with van der Waals surface area (Å²) < 4.78 is 2.24. The number of aromatic nitrogens is 1. The van der Waals surface area contributed by atoms with Crippen molar-refractivity contribution in [3.05, 3.63) is 41.7 Å². The molecule has 0 aliphatic heterocycles. The molecule has 0 fully saturated rings. The molecule has 15 heavy (non-hydrogen) atoms. The van der Waals surface area contributed by atoms with Crippen LogP contribution in [0.5, 0.6) is 0 Å². The van der Waals surface area contributed by atoms with Crippen molar-refractivity contribution in [1.82, 2.24) is 4.40 Å². The van der Waals surface area contributed by atoms with Crippen LogP contribution in [0.15, 0.2) is 30.6 Å². The van der Waals surface area contributed by atoms with Crippen LogP contribution in [0.25, 0.3) is 5.52 Å². The molecule has 0 saturated carbocycles. The lowest BCUT2D eigenvalue weighted by Gasteiger charge is -2.12. The summed E-state index contributed by atoms with van der Waals surface area (Å²) >= 11 is 0. The average Bonchev–Trinajstić information content (AvgIpc) is 2.60. The van der Waals surface area contributed by atoms with E-state index in [1.807, 2.05) is 0 Å². The fourth-order valence-corrected chi connectivity index (χ4v) is 2.15. The fraction of sp³-hybridized carbons (Fsp3) is 0.429. The first-order valence-corrected chi connectivity index (χ1v) is 5.70. The van der Waals surface area contributed by atoms with Crippen molar-refractivity contribution in [2.24, 2.45) is 0 Å². The highest BCUT2D eigenvalue weighted by Crippen LogP contribution is 2.28. The molecular formula is C14H19N. The van der Waals surface area contributed by atoms with Crippen LogP contribution >= 0.6 is 0 Å². The zero-order valence-corrected chi connectivity index (χ0v) is 9.99. The Balaban J connectivity index is 2.75. The Kier molecular flexibility index (Phi) is 2.56. The molecule has 2 heterocycles. The third kappa shape index (κ3) is 1.67. The van der Waals surface area contributed by atoms with Gasteiger partial charge in [-0.05, 0) is 35.1 Å². The average molecular weight is 201 g/mol. The third-order valence-electron chi connectivity index (χ3n) is 2.99. The second kappa shape index (κ2) is 3.73. The first kappa shape index (κ1) is 10.3. The smallest absolute Gasteiger partial charge is 0.0519 e. The first-order chi connectivity index (χ1) is 7.11. The minimum absolute atomic E-state index is 0.584. The monoisotopic (exact) mass is 201 g/mol. The van der Waals surface area contributed by atoms with Crippen molar-refractivity contribution < 1.29 is 0 Å². The molecule has 0 bridgehead atoms. The van der Waals surface area contributed by atoms with Crippen LogP contribution in [-0.2, 0) is 0 Å². The maximum absolute atomic E-state index is 2.26. The predicted octanol–water partition coefficient (Wildman–Crippen LogP) is 4.19. The Morgan fingerprint density at radius 2 is 1.47 bits per heavy atom. The van der Waals surface area contributed by atoms with Gasteiger partial charge in [-0.2, -0.15) is 0 Å². The van der Waals surface area contributed by atoms with Crippen molar-refractivity contribution in [3.8, 4) is 0 Å². The summed E-state index contributed by atoms with van der Waals surface area (Å²) in [6, 6.07) is 6.62. The molecule has 0 amide bonds. The summed E-state index contributed by atoms with van der Waals surface area (Å²) in [6.45, 7) is 9.03. The van der Waals surface area contributed by atoms with Gasteiger partial charge in [0.25, 0.3) is 0 Å². The Hall–Kier alpha value is -1.24. The lowest BCUT2D eigenvalue weighted by atomic mass is 9.97. The second-order valence-electron chi connectivity index (χ2n) is 4.80. The van der Waals surface area contributed by atoms with Gasteiger partial charge < -0.3 is 4.40 Å². The molecule has 0 radical (unpaired) electrons. The molecule has 0 N–H and O–H groups in total. The summed E-state index contributed by atoms with van der Waals surface area (Å²) in [5.41, 5.74) is 4.31. The largest absolute Gasteiger partial charge is 0.323 e. The molecule has 80 valence electrons. The number of rotatable bonds is 2. The molecule has 0 spiro atoms. The molecule has 0 atom stereocenters. The van der Waals surface area contributed by atoms with Crippen molar-refractivity contribution >= 4 is 5.52 Å². The van der Waals surface area contributed by atoms with Gasteiger partial charge in [-0.1, -0.05) is 33.8 Å². The number of hydrogen-bond acceptors (Lipinski definition) is 0. The zero-order chi connectivity index (χ0) is 11.0. The van der Waals surface area contributed by atoms with Gasteiger partial charge in [0, 0.05) is 12.4 Å². The van der Waals surface area contributed by atoms with Gasteiger partial charge in [-0.3, -0.25) is 0 Å². The van der Waals surface area contributed by atoms with Gasteiger partial charge in [0.2, 0.25) is 0 Å². The summed E-state index contributed by atoms with van der Waals surface area (Å²) in [6.07, 6.45) is 4.30. The Morgan fingerprint density at radius 3 is 2.07 bits per heavy atom. The third-order valence-corrected chi connectivity index (χ3v) is 2.99. The SMILES string of the molecule is CC(C)c1cccn2ccc(C(C)C)c12. The molecule has 2 aromatic rings. The topological polar surface area (TPSA) is 4.41 Å². The van der Waals surface area contributed by atoms with Crippen LogP contribution < -0.4 is 0 Å². The van der Waals surface area contributed by atoms with E-state index in [1.165, 1.54) is 16.6 Å². The van der Waals surface area contributed by atoms with E-state index in [1.54, 1.807) is 0 Å². The van der Waals surface area contributed by atoms with Gasteiger partial charge in [0.15, 0.2) is 0 Å². The van der Waals surface area contributed by atoms with E-state index in [0.717, 1.165) is 0 Å². The predicted molar refractivity (Wildman–Crippen MR) is 65.6 cm³/mol. The van der Waals surface area contributed by atoms with E-state index >= 15 is 0 Å². The van der Waals surface area contributed by atoms with Gasteiger partial charge in [-0.15, -0.1) is 0 Å². The molecule has 0 aromatic carbocycles. The highest BCUT2D eigenvalue weighted by molar-refractivity contribution is 5.64. The zero-order valence-electron chi connectivity index (χ0n) is 9.99. The normalized spacial score (nSPS) is 11.9. The second-order valence-corrected chi connectivity index (χ2v) is 4.80. The molecule has 0 saturated heterocycles. The van der Waals surface area contributed by atoms with Crippen LogP contribution in [0.4, 0.5) is 0 Å². The number of hydrogen-bond donors (Lipinski definition) is 0. The highest BCUT2D eigenvalue weighted by Gasteiger charge is 2.11. The number of nitrogens with zero attached hydrogens (tertiary/aromatic N) is 1. The summed E-state index contributed by atoms with van der Waals surface area (Å²) in [5.74, 6) is 1.18. The molecule has 1 nitrogen and oxygen atoms in total. The molecule has 1 heteroatoms. The maximum Gasteiger partial charge on any atom is 0.0519 e. The van der Waals surface area contributed by atoms with Crippen molar-refractivity contribution in [2.75, 3.05) is 0 Å². The Labute approximate surface area is 91.7 Å². The maximum atomic E-state index is 2.26. The Morgan fingerprint density at radius 1 is 0.867 bits per heavy atom. The van der Waals surface area contributed by atoms with Crippen molar-refractivity contribution in [3.63, 3.8) is 0 Å². The lowest BCUT2D eigenvalue weighted by molar-refractivity contribution is 0.847. The van der Waals surface area contributed by atoms with Crippen LogP contribution in [-0.4, -0.2) is 4.40 Å². The van der Waals surface area contributed by atoms with Crippen molar-refractivity contribution in [2.45, 2.75) is 39.5 Å². The fourth-order valence-electron chi connectivity index (χ4n) is 2.15.